The first-order valence-electron chi connectivity index (χ1n) is 8.22. The van der Waals surface area contributed by atoms with Crippen molar-refractivity contribution in [3.63, 3.8) is 0 Å². The normalized spacial score (nSPS) is 21.7. The van der Waals surface area contributed by atoms with Crippen molar-refractivity contribution in [1.82, 2.24) is 0 Å². The molecule has 1 fully saturated rings. The van der Waals surface area contributed by atoms with Crippen LogP contribution in [0, 0.1) is 0 Å². The molecular formula is C16H32BClO3Si. The summed E-state index contributed by atoms with van der Waals surface area (Å²) in [6, 6.07) is 0. The molecule has 1 aliphatic rings. The van der Waals surface area contributed by atoms with Crippen molar-refractivity contribution < 1.29 is 13.7 Å². The molecule has 0 aromatic carbocycles. The van der Waals surface area contributed by atoms with Gasteiger partial charge in [-0.3, -0.25) is 0 Å². The molecule has 3 nitrogen and oxygen atoms in total. The van der Waals surface area contributed by atoms with Crippen LogP contribution >= 0.6 is 11.6 Å². The van der Waals surface area contributed by atoms with E-state index in [4.69, 9.17) is 25.3 Å². The molecule has 6 heteroatoms. The van der Waals surface area contributed by atoms with Gasteiger partial charge in [0.05, 0.1) is 11.2 Å². The maximum Gasteiger partial charge on any atom is 0.486 e. The van der Waals surface area contributed by atoms with Crippen LogP contribution in [0.3, 0.4) is 0 Å². The van der Waals surface area contributed by atoms with Crippen molar-refractivity contribution in [2.24, 2.45) is 0 Å². The van der Waals surface area contributed by atoms with Gasteiger partial charge in [0.25, 0.3) is 0 Å². The van der Waals surface area contributed by atoms with Crippen LogP contribution in [0.25, 0.3) is 0 Å². The van der Waals surface area contributed by atoms with Crippen molar-refractivity contribution in [2.75, 3.05) is 5.88 Å². The second-order valence-electron chi connectivity index (χ2n) is 7.79. The van der Waals surface area contributed by atoms with Crippen LogP contribution < -0.4 is 0 Å². The Balaban J connectivity index is 2.97. The van der Waals surface area contributed by atoms with E-state index in [9.17, 15) is 0 Å². The van der Waals surface area contributed by atoms with Gasteiger partial charge < -0.3 is 13.7 Å². The average molecular weight is 347 g/mol. The van der Waals surface area contributed by atoms with Crippen molar-refractivity contribution in [3.05, 3.63) is 11.2 Å². The molecule has 0 atom stereocenters. The second-order valence-corrected chi connectivity index (χ2v) is 12.1. The lowest BCUT2D eigenvalue weighted by Gasteiger charge is -2.32. The van der Waals surface area contributed by atoms with Crippen LogP contribution in [0.5, 0.6) is 0 Å². The zero-order chi connectivity index (χ0) is 17.2. The first kappa shape index (κ1) is 20.2. The summed E-state index contributed by atoms with van der Waals surface area (Å²) in [5.41, 5.74) is -0.618. The lowest BCUT2D eigenvalue weighted by atomic mass is 9.89. The lowest BCUT2D eigenvalue weighted by Crippen LogP contribution is -2.41. The van der Waals surface area contributed by atoms with Gasteiger partial charge in [0.15, 0.2) is 0 Å². The monoisotopic (exact) mass is 346 g/mol. The van der Waals surface area contributed by atoms with E-state index >= 15 is 0 Å². The average Bonchev–Trinajstić information content (AvgIpc) is 2.51. The maximum atomic E-state index is 6.23. The number of allylic oxidation sites excluding steroid dienone is 1. The molecule has 1 saturated heterocycles. The molecule has 22 heavy (non-hydrogen) atoms. The summed E-state index contributed by atoms with van der Waals surface area (Å²) in [5.74, 6) is 2.80. The Hall–Kier alpha value is 0.192. The molecule has 0 N–H and O–H groups in total. The van der Waals surface area contributed by atoms with Gasteiger partial charge >= 0.3 is 7.12 Å². The van der Waals surface area contributed by atoms with Crippen molar-refractivity contribution >= 4 is 27.0 Å². The van der Waals surface area contributed by atoms with Crippen LogP contribution in [-0.4, -0.2) is 38.6 Å². The third-order valence-corrected chi connectivity index (χ3v) is 7.78. The Morgan fingerprint density at radius 3 is 2.09 bits per heavy atom. The fraction of sp³-hybridized carbons (Fsp3) is 0.875. The largest absolute Gasteiger partial charge is 0.486 e. The van der Waals surface area contributed by atoms with Crippen molar-refractivity contribution in [2.45, 2.75) is 84.8 Å². The van der Waals surface area contributed by atoms with E-state index in [1.165, 1.54) is 5.20 Å². The number of rotatable bonds is 7. The summed E-state index contributed by atoms with van der Waals surface area (Å²) in [7, 11) is -2.26. The van der Waals surface area contributed by atoms with Crippen LogP contribution in [0.4, 0.5) is 0 Å². The highest BCUT2D eigenvalue weighted by atomic mass is 35.5. The van der Waals surface area contributed by atoms with Gasteiger partial charge in [-0.2, -0.15) is 0 Å². The number of hydrogen-bond acceptors (Lipinski definition) is 3. The molecule has 0 amide bonds. The van der Waals surface area contributed by atoms with Crippen LogP contribution in [0.1, 0.15) is 54.4 Å². The number of hydrogen-bond donors (Lipinski definition) is 0. The first-order valence-corrected chi connectivity index (χ1v) is 11.7. The van der Waals surface area contributed by atoms with Gasteiger partial charge in [0.2, 0.25) is 8.32 Å². The minimum atomic E-state index is -1.95. The molecule has 1 rings (SSSR count). The molecule has 0 bridgehead atoms. The maximum absolute atomic E-state index is 6.23. The Bertz CT molecular complexity index is 392. The van der Waals surface area contributed by atoms with Crippen LogP contribution in [0.15, 0.2) is 11.2 Å². The van der Waals surface area contributed by atoms with Gasteiger partial charge in [-0.15, -0.1) is 11.6 Å². The quantitative estimate of drug-likeness (QED) is 0.492. The Morgan fingerprint density at radius 2 is 1.68 bits per heavy atom. The molecule has 0 radical (unpaired) electrons. The molecule has 1 aliphatic heterocycles. The molecule has 0 aliphatic carbocycles. The van der Waals surface area contributed by atoms with E-state index in [2.05, 4.69) is 60.6 Å². The van der Waals surface area contributed by atoms with E-state index in [1.54, 1.807) is 0 Å². The zero-order valence-corrected chi connectivity index (χ0v) is 17.2. The minimum Gasteiger partial charge on any atom is -0.411 e. The van der Waals surface area contributed by atoms with E-state index in [0.29, 0.717) is 5.88 Å². The summed E-state index contributed by atoms with van der Waals surface area (Å²) in [4.78, 5) is 0. The van der Waals surface area contributed by atoms with Crippen LogP contribution in [-0.2, 0) is 13.7 Å². The van der Waals surface area contributed by atoms with Crippen molar-refractivity contribution in [1.29, 1.82) is 0 Å². The lowest BCUT2D eigenvalue weighted by molar-refractivity contribution is 0.00578. The van der Waals surface area contributed by atoms with E-state index in [-0.39, 0.29) is 24.4 Å². The fourth-order valence-electron chi connectivity index (χ4n) is 2.63. The molecule has 0 unspecified atom stereocenters. The predicted octanol–water partition coefficient (Wildman–Crippen LogP) is 4.73. The summed E-state index contributed by atoms with van der Waals surface area (Å²) >= 11 is 5.89. The summed E-state index contributed by atoms with van der Waals surface area (Å²) in [6.45, 7) is 16.9. The molecule has 1 heterocycles. The molecule has 128 valence electrons. The third-order valence-electron chi connectivity index (χ3n) is 4.49. The van der Waals surface area contributed by atoms with Gasteiger partial charge in [-0.1, -0.05) is 11.2 Å². The zero-order valence-electron chi connectivity index (χ0n) is 15.5. The van der Waals surface area contributed by atoms with Gasteiger partial charge in [-0.25, -0.2) is 0 Å². The third kappa shape index (κ3) is 5.10. The summed E-state index contributed by atoms with van der Waals surface area (Å²) < 4.78 is 18.4. The van der Waals surface area contributed by atoms with Crippen molar-refractivity contribution in [3.8, 4) is 0 Å². The van der Waals surface area contributed by atoms with E-state index in [1.807, 2.05) is 0 Å². The SMILES string of the molecule is CC(C)O[Si](C)(C)/C(=C\B1OC(C)(C)C(C)(C)O1)CCCCl. The summed E-state index contributed by atoms with van der Waals surface area (Å²) in [6.07, 6.45) is 2.11. The number of halogens is 1. The number of alkyl halides is 1. The smallest absolute Gasteiger partial charge is 0.411 e. The van der Waals surface area contributed by atoms with E-state index in [0.717, 1.165) is 12.8 Å². The fourth-order valence-corrected chi connectivity index (χ4v) is 5.41. The van der Waals surface area contributed by atoms with Gasteiger partial charge in [0.1, 0.15) is 0 Å². The highest BCUT2D eigenvalue weighted by molar-refractivity contribution is 6.79. The Kier molecular flexibility index (Phi) is 6.80. The second kappa shape index (κ2) is 7.39. The molecule has 0 aromatic heterocycles. The van der Waals surface area contributed by atoms with Crippen LogP contribution in [0.2, 0.25) is 13.1 Å². The molecule has 0 spiro atoms. The topological polar surface area (TPSA) is 27.7 Å². The highest BCUT2D eigenvalue weighted by Crippen LogP contribution is 2.38. The predicted molar refractivity (Wildman–Crippen MR) is 97.8 cm³/mol. The standard InChI is InChI=1S/C16H32BClO3Si/c1-13(2)19-22(7,8)14(10-9-11-18)12-17-20-15(3,4)16(5,6)21-17/h12-13H,9-11H2,1-8H3/b14-12-. The van der Waals surface area contributed by atoms with E-state index < -0.39 is 8.32 Å². The Morgan fingerprint density at radius 1 is 1.18 bits per heavy atom. The molecular weight excluding hydrogens is 315 g/mol. The molecule has 0 saturated carbocycles. The summed E-state index contributed by atoms with van der Waals surface area (Å²) in [5, 5.41) is 1.32. The molecule has 0 aromatic rings. The highest BCUT2D eigenvalue weighted by Gasteiger charge is 2.50. The van der Waals surface area contributed by atoms with Gasteiger partial charge in [0, 0.05) is 12.0 Å². The first-order chi connectivity index (χ1) is 9.91. The van der Waals surface area contributed by atoms with Gasteiger partial charge in [-0.05, 0) is 67.5 Å². The minimum absolute atomic E-state index is 0.222. The Labute approximate surface area is 143 Å².